The molecule has 4 saturated carbocycles. The standard InChI is InChI=1S/C22H35NO2/c1-21-9-7-16(24)12-15(21)5-6-17-18(21)8-10-22(2)19(17)11-14(20(22)25)13-23(3)4/h13,15-19,24H,5-12H2,1-4H3/b14-13-/t15?,16-,17+,18-,19-,21-,22-/m0/s1. The molecular formula is C22H35NO2. The number of allylic oxidation sites excluding steroid dienone is 1. The molecule has 0 amide bonds. The summed E-state index contributed by atoms with van der Waals surface area (Å²) in [4.78, 5) is 15.2. The molecule has 0 aromatic rings. The molecule has 4 aliphatic rings. The molecule has 25 heavy (non-hydrogen) atoms. The van der Waals surface area contributed by atoms with Crippen molar-refractivity contribution in [3.63, 3.8) is 0 Å². The number of carbonyl (C=O) groups is 1. The molecule has 0 aliphatic heterocycles. The summed E-state index contributed by atoms with van der Waals surface area (Å²) >= 11 is 0. The van der Waals surface area contributed by atoms with E-state index in [4.69, 9.17) is 0 Å². The van der Waals surface area contributed by atoms with Gasteiger partial charge in [-0.25, -0.2) is 0 Å². The average Bonchev–Trinajstić information content (AvgIpc) is 2.79. The van der Waals surface area contributed by atoms with Gasteiger partial charge in [0, 0.05) is 31.3 Å². The van der Waals surface area contributed by atoms with Crippen molar-refractivity contribution in [3.05, 3.63) is 11.8 Å². The number of nitrogens with zero attached hydrogens (tertiary/aromatic N) is 1. The monoisotopic (exact) mass is 345 g/mol. The third-order valence-corrected chi connectivity index (χ3v) is 8.69. The highest BCUT2D eigenvalue weighted by Crippen LogP contribution is 2.66. The molecule has 0 aromatic heterocycles. The topological polar surface area (TPSA) is 40.5 Å². The molecule has 0 heterocycles. The van der Waals surface area contributed by atoms with Gasteiger partial charge in [-0.1, -0.05) is 13.8 Å². The second-order valence-electron chi connectivity index (χ2n) is 10.2. The van der Waals surface area contributed by atoms with Gasteiger partial charge in [-0.15, -0.1) is 0 Å². The number of aliphatic hydroxyl groups excluding tert-OH is 1. The maximum Gasteiger partial charge on any atom is 0.166 e. The SMILES string of the molecule is CN(C)/C=C1/C[C@H]2[C@@H]3CCC4C[C@@H](O)CC[C@]4(C)[C@H]3CC[C@]2(C)C1=O. The quantitative estimate of drug-likeness (QED) is 0.730. The number of aliphatic hydroxyl groups is 1. The van der Waals surface area contributed by atoms with E-state index in [0.717, 1.165) is 37.2 Å². The van der Waals surface area contributed by atoms with Gasteiger partial charge in [0.1, 0.15) is 0 Å². The highest BCUT2D eigenvalue weighted by atomic mass is 16.3. The third-order valence-electron chi connectivity index (χ3n) is 8.69. The Balaban J connectivity index is 1.64. The fraction of sp³-hybridized carbons (Fsp3) is 0.864. The van der Waals surface area contributed by atoms with Crippen molar-refractivity contribution in [1.29, 1.82) is 0 Å². The first-order valence-corrected chi connectivity index (χ1v) is 10.4. The molecule has 3 nitrogen and oxygen atoms in total. The Morgan fingerprint density at radius 2 is 1.84 bits per heavy atom. The Kier molecular flexibility index (Phi) is 4.10. The van der Waals surface area contributed by atoms with Crippen LogP contribution in [0.2, 0.25) is 0 Å². The summed E-state index contributed by atoms with van der Waals surface area (Å²) < 4.78 is 0. The van der Waals surface area contributed by atoms with E-state index in [1.165, 1.54) is 25.7 Å². The fourth-order valence-corrected chi connectivity index (χ4v) is 7.33. The Hall–Kier alpha value is -0.830. The summed E-state index contributed by atoms with van der Waals surface area (Å²) in [6.07, 6.45) is 10.9. The van der Waals surface area contributed by atoms with Crippen molar-refractivity contribution in [2.75, 3.05) is 14.1 Å². The van der Waals surface area contributed by atoms with Crippen molar-refractivity contribution in [2.24, 2.45) is 34.5 Å². The minimum atomic E-state index is -0.125. The Morgan fingerprint density at radius 3 is 2.56 bits per heavy atom. The zero-order chi connectivity index (χ0) is 18.0. The van der Waals surface area contributed by atoms with E-state index in [2.05, 4.69) is 20.0 Å². The Bertz CT molecular complexity index is 597. The van der Waals surface area contributed by atoms with Gasteiger partial charge in [-0.2, -0.15) is 0 Å². The van der Waals surface area contributed by atoms with E-state index < -0.39 is 0 Å². The molecule has 0 aromatic carbocycles. The van der Waals surface area contributed by atoms with Crippen molar-refractivity contribution in [3.8, 4) is 0 Å². The highest BCUT2D eigenvalue weighted by Gasteiger charge is 2.61. The molecule has 140 valence electrons. The normalized spacial score (nSPS) is 51.0. The van der Waals surface area contributed by atoms with Gasteiger partial charge in [0.25, 0.3) is 0 Å². The molecule has 0 saturated heterocycles. The highest BCUT2D eigenvalue weighted by molar-refractivity contribution is 6.02. The zero-order valence-electron chi connectivity index (χ0n) is 16.4. The second kappa shape index (κ2) is 5.84. The molecule has 0 spiro atoms. The third kappa shape index (κ3) is 2.52. The lowest BCUT2D eigenvalue weighted by Gasteiger charge is -2.59. The average molecular weight is 346 g/mol. The minimum Gasteiger partial charge on any atom is -0.393 e. The van der Waals surface area contributed by atoms with Crippen LogP contribution in [0.15, 0.2) is 11.8 Å². The smallest absolute Gasteiger partial charge is 0.166 e. The largest absolute Gasteiger partial charge is 0.393 e. The predicted molar refractivity (Wildman–Crippen MR) is 99.9 cm³/mol. The zero-order valence-corrected chi connectivity index (χ0v) is 16.4. The second-order valence-corrected chi connectivity index (χ2v) is 10.2. The van der Waals surface area contributed by atoms with Crippen LogP contribution >= 0.6 is 0 Å². The lowest BCUT2D eigenvalue weighted by Crippen LogP contribution is -2.54. The molecule has 1 N–H and O–H groups in total. The van der Waals surface area contributed by atoms with E-state index in [1.54, 1.807) is 0 Å². The van der Waals surface area contributed by atoms with Crippen molar-refractivity contribution < 1.29 is 9.90 Å². The fourth-order valence-electron chi connectivity index (χ4n) is 7.33. The van der Waals surface area contributed by atoms with Gasteiger partial charge in [0.15, 0.2) is 5.78 Å². The number of hydrogen-bond donors (Lipinski definition) is 1. The van der Waals surface area contributed by atoms with Crippen LogP contribution in [0.5, 0.6) is 0 Å². The molecule has 7 atom stereocenters. The van der Waals surface area contributed by atoms with Crippen LogP contribution in [-0.2, 0) is 4.79 Å². The molecule has 4 fully saturated rings. The molecule has 4 aliphatic carbocycles. The lowest BCUT2D eigenvalue weighted by molar-refractivity contribution is -0.141. The summed E-state index contributed by atoms with van der Waals surface area (Å²) in [7, 11) is 4.04. The van der Waals surface area contributed by atoms with E-state index in [-0.39, 0.29) is 11.5 Å². The maximum atomic E-state index is 13.1. The van der Waals surface area contributed by atoms with Crippen LogP contribution in [0.4, 0.5) is 0 Å². The van der Waals surface area contributed by atoms with E-state index >= 15 is 0 Å². The maximum absolute atomic E-state index is 13.1. The predicted octanol–water partition coefficient (Wildman–Crippen LogP) is 4.01. The van der Waals surface area contributed by atoms with E-state index in [9.17, 15) is 9.90 Å². The summed E-state index contributed by atoms with van der Waals surface area (Å²) in [6, 6.07) is 0. The van der Waals surface area contributed by atoms with Crippen LogP contribution < -0.4 is 0 Å². The molecule has 4 rings (SSSR count). The summed E-state index contributed by atoms with van der Waals surface area (Å²) in [6.45, 7) is 4.77. The number of Topliss-reactive ketones (excluding diaryl/α,β-unsaturated/α-hetero) is 1. The van der Waals surface area contributed by atoms with Crippen molar-refractivity contribution in [1.82, 2.24) is 4.90 Å². The van der Waals surface area contributed by atoms with Gasteiger partial charge >= 0.3 is 0 Å². The number of carbonyl (C=O) groups excluding carboxylic acids is 1. The minimum absolute atomic E-state index is 0.0776. The van der Waals surface area contributed by atoms with Gasteiger partial charge in [-0.05, 0) is 80.5 Å². The molecule has 1 unspecified atom stereocenters. The Morgan fingerprint density at radius 1 is 1.08 bits per heavy atom. The summed E-state index contributed by atoms with van der Waals surface area (Å²) in [5.74, 6) is 3.11. The van der Waals surface area contributed by atoms with Gasteiger partial charge in [0.05, 0.1) is 6.10 Å². The number of fused-ring (bicyclic) bond motifs is 5. The van der Waals surface area contributed by atoms with Crippen molar-refractivity contribution in [2.45, 2.75) is 71.3 Å². The summed E-state index contributed by atoms with van der Waals surface area (Å²) in [5, 5.41) is 10.1. The van der Waals surface area contributed by atoms with Crippen LogP contribution in [0.25, 0.3) is 0 Å². The van der Waals surface area contributed by atoms with Crippen molar-refractivity contribution >= 4 is 5.78 Å². The molecule has 3 heteroatoms. The summed E-state index contributed by atoms with van der Waals surface area (Å²) in [5.41, 5.74) is 1.32. The molecular weight excluding hydrogens is 310 g/mol. The van der Waals surface area contributed by atoms with Gasteiger partial charge in [-0.3, -0.25) is 4.79 Å². The first-order chi connectivity index (χ1) is 11.8. The number of rotatable bonds is 1. The number of hydrogen-bond acceptors (Lipinski definition) is 3. The first-order valence-electron chi connectivity index (χ1n) is 10.4. The van der Waals surface area contributed by atoms with Crippen LogP contribution in [-0.4, -0.2) is 36.0 Å². The van der Waals surface area contributed by atoms with E-state index in [1.807, 2.05) is 19.0 Å². The first kappa shape index (κ1) is 17.6. The lowest BCUT2D eigenvalue weighted by atomic mass is 9.45. The van der Waals surface area contributed by atoms with E-state index in [0.29, 0.717) is 29.0 Å². The van der Waals surface area contributed by atoms with Crippen LogP contribution in [0.1, 0.15) is 65.2 Å². The Labute approximate surface area is 152 Å². The van der Waals surface area contributed by atoms with Gasteiger partial charge < -0.3 is 10.0 Å². The van der Waals surface area contributed by atoms with Crippen LogP contribution in [0, 0.1) is 34.5 Å². The molecule has 0 bridgehead atoms. The molecule has 0 radical (unpaired) electrons. The van der Waals surface area contributed by atoms with Crippen LogP contribution in [0.3, 0.4) is 0 Å². The number of ketones is 1. The van der Waals surface area contributed by atoms with Gasteiger partial charge in [0.2, 0.25) is 0 Å².